The fraction of sp³-hybridized carbons (Fsp3) is 0.562. The molecule has 1 aromatic rings. The van der Waals surface area contributed by atoms with Gasteiger partial charge < -0.3 is 9.64 Å². The number of amides is 1. The van der Waals surface area contributed by atoms with E-state index in [1.54, 1.807) is 0 Å². The van der Waals surface area contributed by atoms with Crippen LogP contribution in [0.15, 0.2) is 30.3 Å². The smallest absolute Gasteiger partial charge is 0.229 e. The molecule has 1 fully saturated rings. The predicted octanol–water partition coefficient (Wildman–Crippen LogP) is 3.32. The molecule has 4 heteroatoms. The summed E-state index contributed by atoms with van der Waals surface area (Å²) >= 11 is 5.87. The molecule has 1 aliphatic rings. The molecular formula is C16H22ClNO2. The van der Waals surface area contributed by atoms with Gasteiger partial charge in [-0.1, -0.05) is 18.2 Å². The zero-order valence-electron chi connectivity index (χ0n) is 12.1. The molecule has 1 aliphatic heterocycles. The highest BCUT2D eigenvalue weighted by Gasteiger charge is 2.33. The zero-order valence-corrected chi connectivity index (χ0v) is 12.9. The van der Waals surface area contributed by atoms with E-state index in [0.29, 0.717) is 5.88 Å². The Morgan fingerprint density at radius 2 is 1.90 bits per heavy atom. The molecule has 3 nitrogen and oxygen atoms in total. The Kier molecular flexibility index (Phi) is 4.92. The summed E-state index contributed by atoms with van der Waals surface area (Å²) in [4.78, 5) is 14.2. The van der Waals surface area contributed by atoms with Crippen molar-refractivity contribution >= 4 is 17.5 Å². The van der Waals surface area contributed by atoms with E-state index in [1.807, 2.05) is 49.1 Å². The van der Waals surface area contributed by atoms with Crippen molar-refractivity contribution in [3.63, 3.8) is 0 Å². The average Bonchev–Trinajstić information content (AvgIpc) is 2.48. The lowest BCUT2D eigenvalue weighted by Gasteiger charge is -2.36. The van der Waals surface area contributed by atoms with Crippen LogP contribution in [-0.4, -0.2) is 35.9 Å². The molecule has 1 aromatic carbocycles. The lowest BCUT2D eigenvalue weighted by Crippen LogP contribution is -2.47. The largest absolute Gasteiger partial charge is 0.490 e. The van der Waals surface area contributed by atoms with Gasteiger partial charge in [-0.25, -0.2) is 0 Å². The number of likely N-dealkylation sites (tertiary alicyclic amines) is 1. The summed E-state index contributed by atoms with van der Waals surface area (Å²) in [6.45, 7) is 5.29. The Bertz CT molecular complexity index is 439. The van der Waals surface area contributed by atoms with Crippen molar-refractivity contribution in [2.75, 3.05) is 19.0 Å². The number of nitrogens with zero attached hydrogens (tertiary/aromatic N) is 1. The van der Waals surface area contributed by atoms with Crippen molar-refractivity contribution in [1.29, 1.82) is 0 Å². The van der Waals surface area contributed by atoms with Gasteiger partial charge in [0.05, 0.1) is 5.41 Å². The summed E-state index contributed by atoms with van der Waals surface area (Å²) in [6.07, 6.45) is 1.94. The van der Waals surface area contributed by atoms with Crippen LogP contribution in [0.3, 0.4) is 0 Å². The number of para-hydroxylation sites is 1. The Labute approximate surface area is 125 Å². The highest BCUT2D eigenvalue weighted by molar-refractivity contribution is 6.19. The second-order valence-corrected chi connectivity index (χ2v) is 6.21. The topological polar surface area (TPSA) is 29.5 Å². The monoisotopic (exact) mass is 295 g/mol. The van der Waals surface area contributed by atoms with Gasteiger partial charge in [0, 0.05) is 31.8 Å². The standard InChI is InChI=1S/C16H22ClNO2/c1-16(2,12-17)15(19)18-10-8-14(9-11-18)20-13-6-4-3-5-7-13/h3-7,14H,8-12H2,1-2H3. The molecule has 0 saturated carbocycles. The van der Waals surface area contributed by atoms with Crippen molar-refractivity contribution in [3.8, 4) is 5.75 Å². The van der Waals surface area contributed by atoms with E-state index < -0.39 is 5.41 Å². The van der Waals surface area contributed by atoms with Crippen molar-refractivity contribution < 1.29 is 9.53 Å². The van der Waals surface area contributed by atoms with Crippen molar-refractivity contribution in [2.24, 2.45) is 5.41 Å². The third-order valence-electron chi connectivity index (χ3n) is 3.69. The molecule has 20 heavy (non-hydrogen) atoms. The van der Waals surface area contributed by atoms with Gasteiger partial charge in [0.2, 0.25) is 5.91 Å². The van der Waals surface area contributed by atoms with Crippen LogP contribution >= 0.6 is 11.6 Å². The summed E-state index contributed by atoms with van der Waals surface area (Å²) in [5.74, 6) is 1.40. The number of alkyl halides is 1. The molecule has 1 amide bonds. The third-order valence-corrected chi connectivity index (χ3v) is 4.36. The Hall–Kier alpha value is -1.22. The molecule has 1 heterocycles. The Balaban J connectivity index is 1.85. The van der Waals surface area contributed by atoms with Crippen molar-refractivity contribution in [3.05, 3.63) is 30.3 Å². The average molecular weight is 296 g/mol. The SMILES string of the molecule is CC(C)(CCl)C(=O)N1CCC(Oc2ccccc2)CC1. The number of rotatable bonds is 4. The first-order valence-corrected chi connectivity index (χ1v) is 7.63. The lowest BCUT2D eigenvalue weighted by atomic mass is 9.93. The molecule has 1 saturated heterocycles. The van der Waals surface area contributed by atoms with Gasteiger partial charge in [-0.15, -0.1) is 11.6 Å². The molecule has 0 N–H and O–H groups in total. The summed E-state index contributed by atoms with van der Waals surface area (Å²) in [5, 5.41) is 0. The van der Waals surface area contributed by atoms with Crippen molar-refractivity contribution in [2.45, 2.75) is 32.8 Å². The first-order valence-electron chi connectivity index (χ1n) is 7.10. The molecular weight excluding hydrogens is 274 g/mol. The summed E-state index contributed by atoms with van der Waals surface area (Å²) in [5.41, 5.74) is -0.478. The maximum Gasteiger partial charge on any atom is 0.229 e. The molecule has 0 aromatic heterocycles. The summed E-state index contributed by atoms with van der Waals surface area (Å²) in [7, 11) is 0. The zero-order chi connectivity index (χ0) is 14.6. The molecule has 0 unspecified atom stereocenters. The first-order chi connectivity index (χ1) is 9.53. The molecule has 0 radical (unpaired) electrons. The van der Waals surface area contributed by atoms with Crippen LogP contribution in [0.25, 0.3) is 0 Å². The lowest BCUT2D eigenvalue weighted by molar-refractivity contribution is -0.141. The van der Waals surface area contributed by atoms with E-state index >= 15 is 0 Å². The van der Waals surface area contributed by atoms with Gasteiger partial charge in [0.15, 0.2) is 0 Å². The van der Waals surface area contributed by atoms with Gasteiger partial charge in [-0.05, 0) is 26.0 Å². The minimum atomic E-state index is -0.478. The second-order valence-electron chi connectivity index (χ2n) is 5.94. The fourth-order valence-electron chi connectivity index (χ4n) is 2.35. The molecule has 0 aliphatic carbocycles. The number of halogens is 1. The molecule has 2 rings (SSSR count). The molecule has 0 bridgehead atoms. The van der Waals surface area contributed by atoms with Crippen LogP contribution in [-0.2, 0) is 4.79 Å². The van der Waals surface area contributed by atoms with Crippen LogP contribution in [0.5, 0.6) is 5.75 Å². The number of piperidine rings is 1. The van der Waals surface area contributed by atoms with E-state index in [2.05, 4.69) is 0 Å². The quantitative estimate of drug-likeness (QED) is 0.798. The maximum atomic E-state index is 12.3. The number of ether oxygens (including phenoxy) is 1. The number of hydrogen-bond donors (Lipinski definition) is 0. The molecule has 110 valence electrons. The third kappa shape index (κ3) is 3.66. The van der Waals surface area contributed by atoms with Gasteiger partial charge in [-0.2, -0.15) is 0 Å². The Morgan fingerprint density at radius 1 is 1.30 bits per heavy atom. The minimum absolute atomic E-state index is 0.144. The number of carbonyl (C=O) groups excluding carboxylic acids is 1. The van der Waals surface area contributed by atoms with E-state index in [-0.39, 0.29) is 12.0 Å². The van der Waals surface area contributed by atoms with Gasteiger partial charge in [0.1, 0.15) is 11.9 Å². The maximum absolute atomic E-state index is 12.3. The predicted molar refractivity (Wildman–Crippen MR) is 81.2 cm³/mol. The van der Waals surface area contributed by atoms with E-state index in [0.717, 1.165) is 31.7 Å². The normalized spacial score (nSPS) is 17.1. The van der Waals surface area contributed by atoms with Crippen LogP contribution in [0, 0.1) is 5.41 Å². The number of hydrogen-bond acceptors (Lipinski definition) is 2. The van der Waals surface area contributed by atoms with Crippen molar-refractivity contribution in [1.82, 2.24) is 4.90 Å². The van der Waals surface area contributed by atoms with E-state index in [4.69, 9.17) is 16.3 Å². The molecule has 0 atom stereocenters. The second kappa shape index (κ2) is 6.49. The minimum Gasteiger partial charge on any atom is -0.490 e. The first kappa shape index (κ1) is 15.2. The fourth-order valence-corrected chi connectivity index (χ4v) is 2.47. The Morgan fingerprint density at radius 3 is 2.45 bits per heavy atom. The van der Waals surface area contributed by atoms with Crippen LogP contribution < -0.4 is 4.74 Å². The summed E-state index contributed by atoms with van der Waals surface area (Å²) in [6, 6.07) is 9.85. The van der Waals surface area contributed by atoms with Crippen LogP contribution in [0.4, 0.5) is 0 Å². The van der Waals surface area contributed by atoms with Gasteiger partial charge in [-0.3, -0.25) is 4.79 Å². The number of carbonyl (C=O) groups is 1. The van der Waals surface area contributed by atoms with E-state index in [9.17, 15) is 4.79 Å². The van der Waals surface area contributed by atoms with Gasteiger partial charge >= 0.3 is 0 Å². The number of benzene rings is 1. The molecule has 0 spiro atoms. The summed E-state index contributed by atoms with van der Waals surface area (Å²) < 4.78 is 5.93. The van der Waals surface area contributed by atoms with Crippen LogP contribution in [0.2, 0.25) is 0 Å². The van der Waals surface area contributed by atoms with E-state index in [1.165, 1.54) is 0 Å². The highest BCUT2D eigenvalue weighted by atomic mass is 35.5. The van der Waals surface area contributed by atoms with Crippen LogP contribution in [0.1, 0.15) is 26.7 Å². The highest BCUT2D eigenvalue weighted by Crippen LogP contribution is 2.24. The van der Waals surface area contributed by atoms with Gasteiger partial charge in [0.25, 0.3) is 0 Å².